The first-order valence-corrected chi connectivity index (χ1v) is 5.84. The summed E-state index contributed by atoms with van der Waals surface area (Å²) in [7, 11) is 0. The summed E-state index contributed by atoms with van der Waals surface area (Å²) in [5, 5.41) is 22.9. The quantitative estimate of drug-likeness (QED) is 0.825. The average Bonchev–Trinajstić information content (AvgIpc) is 2.41. The first kappa shape index (κ1) is 14.6. The van der Waals surface area contributed by atoms with Crippen LogP contribution in [0.25, 0.3) is 0 Å². The van der Waals surface area contributed by atoms with Crippen molar-refractivity contribution in [2.75, 3.05) is 11.9 Å². The lowest BCUT2D eigenvalue weighted by Crippen LogP contribution is -2.23. The standard InChI is InChI=1S/C13H11ClN4O/c1-2-17-13(19)11-5-10(3-4-12(11)14)18-8-9(6-15)7-16/h3-5,8,18H,2H2,1H3,(H,17,19). The molecule has 0 radical (unpaired) electrons. The van der Waals surface area contributed by atoms with Crippen LogP contribution in [0.5, 0.6) is 0 Å². The summed E-state index contributed by atoms with van der Waals surface area (Å²) in [5.74, 6) is -0.277. The number of anilines is 1. The van der Waals surface area contributed by atoms with Gasteiger partial charge in [0.2, 0.25) is 0 Å². The molecule has 0 saturated heterocycles. The molecular weight excluding hydrogens is 264 g/mol. The first-order valence-electron chi connectivity index (χ1n) is 5.47. The number of nitriles is 2. The molecule has 1 aromatic carbocycles. The number of hydrogen-bond acceptors (Lipinski definition) is 4. The molecule has 0 aromatic heterocycles. The fourth-order valence-electron chi connectivity index (χ4n) is 1.29. The molecule has 0 heterocycles. The minimum atomic E-state index is -0.277. The molecule has 2 N–H and O–H groups in total. The van der Waals surface area contributed by atoms with Crippen LogP contribution in [-0.2, 0) is 0 Å². The summed E-state index contributed by atoms with van der Waals surface area (Å²) in [6, 6.07) is 8.22. The van der Waals surface area contributed by atoms with Gasteiger partial charge in [-0.2, -0.15) is 10.5 Å². The van der Waals surface area contributed by atoms with Crippen molar-refractivity contribution in [2.24, 2.45) is 0 Å². The fourth-order valence-corrected chi connectivity index (χ4v) is 1.49. The predicted octanol–water partition coefficient (Wildman–Crippen LogP) is 2.43. The Hall–Kier alpha value is -2.50. The highest BCUT2D eigenvalue weighted by molar-refractivity contribution is 6.34. The second-order valence-corrected chi connectivity index (χ2v) is 3.89. The van der Waals surface area contributed by atoms with E-state index >= 15 is 0 Å². The number of amides is 1. The predicted molar refractivity (Wildman–Crippen MR) is 72.4 cm³/mol. The van der Waals surface area contributed by atoms with E-state index in [-0.39, 0.29) is 11.5 Å². The Morgan fingerprint density at radius 1 is 1.42 bits per heavy atom. The number of hydrogen-bond donors (Lipinski definition) is 2. The maximum absolute atomic E-state index is 11.7. The first-order chi connectivity index (χ1) is 9.12. The lowest BCUT2D eigenvalue weighted by molar-refractivity contribution is 0.0956. The summed E-state index contributed by atoms with van der Waals surface area (Å²) in [5.41, 5.74) is 0.834. The molecule has 5 nitrogen and oxygen atoms in total. The summed E-state index contributed by atoms with van der Waals surface area (Å²) in [6.07, 6.45) is 1.27. The van der Waals surface area contributed by atoms with Crippen molar-refractivity contribution in [3.8, 4) is 12.1 Å². The van der Waals surface area contributed by atoms with Crippen molar-refractivity contribution < 1.29 is 4.79 Å². The SMILES string of the molecule is CCNC(=O)c1cc(NC=C(C#N)C#N)ccc1Cl. The van der Waals surface area contributed by atoms with Gasteiger partial charge in [0.1, 0.15) is 17.7 Å². The molecule has 1 amide bonds. The van der Waals surface area contributed by atoms with Crippen molar-refractivity contribution in [3.63, 3.8) is 0 Å². The zero-order valence-electron chi connectivity index (χ0n) is 10.2. The maximum Gasteiger partial charge on any atom is 0.252 e. The molecular formula is C13H11ClN4O. The smallest absolute Gasteiger partial charge is 0.252 e. The Bertz CT molecular complexity index is 580. The van der Waals surface area contributed by atoms with Gasteiger partial charge in [-0.15, -0.1) is 0 Å². The number of nitrogens with one attached hydrogen (secondary N) is 2. The summed E-state index contributed by atoms with van der Waals surface area (Å²) in [6.45, 7) is 2.31. The zero-order valence-corrected chi connectivity index (χ0v) is 11.0. The van der Waals surface area contributed by atoms with E-state index in [2.05, 4.69) is 10.6 Å². The van der Waals surface area contributed by atoms with Gasteiger partial charge in [-0.05, 0) is 25.1 Å². The van der Waals surface area contributed by atoms with Crippen LogP contribution in [0.3, 0.4) is 0 Å². The third-order valence-corrected chi connectivity index (χ3v) is 2.50. The average molecular weight is 275 g/mol. The molecule has 6 heteroatoms. The van der Waals surface area contributed by atoms with Gasteiger partial charge in [0, 0.05) is 18.4 Å². The van der Waals surface area contributed by atoms with Gasteiger partial charge in [-0.3, -0.25) is 4.79 Å². The molecule has 19 heavy (non-hydrogen) atoms. The monoisotopic (exact) mass is 274 g/mol. The van der Waals surface area contributed by atoms with E-state index in [1.165, 1.54) is 6.20 Å². The molecule has 1 rings (SSSR count). The van der Waals surface area contributed by atoms with Gasteiger partial charge in [0.15, 0.2) is 0 Å². The normalized spacial score (nSPS) is 8.84. The maximum atomic E-state index is 11.7. The molecule has 0 spiro atoms. The lowest BCUT2D eigenvalue weighted by Gasteiger charge is -2.07. The Morgan fingerprint density at radius 2 is 2.11 bits per heavy atom. The van der Waals surface area contributed by atoms with Crippen molar-refractivity contribution in [1.82, 2.24) is 5.32 Å². The Kier molecular flexibility index (Phi) is 5.40. The third-order valence-electron chi connectivity index (χ3n) is 2.17. The number of rotatable bonds is 4. The van der Waals surface area contributed by atoms with Gasteiger partial charge in [-0.1, -0.05) is 11.6 Å². The Morgan fingerprint density at radius 3 is 2.68 bits per heavy atom. The number of allylic oxidation sites excluding steroid dienone is 1. The van der Waals surface area contributed by atoms with Crippen LogP contribution < -0.4 is 10.6 Å². The molecule has 0 fully saturated rings. The van der Waals surface area contributed by atoms with E-state index < -0.39 is 0 Å². The van der Waals surface area contributed by atoms with Crippen LogP contribution in [0, 0.1) is 22.7 Å². The van der Waals surface area contributed by atoms with Crippen molar-refractivity contribution in [3.05, 3.63) is 40.6 Å². The largest absolute Gasteiger partial charge is 0.360 e. The van der Waals surface area contributed by atoms with Crippen LogP contribution >= 0.6 is 11.6 Å². The van der Waals surface area contributed by atoms with E-state index in [1.54, 1.807) is 30.3 Å². The van der Waals surface area contributed by atoms with E-state index in [4.69, 9.17) is 22.1 Å². The summed E-state index contributed by atoms with van der Waals surface area (Å²) in [4.78, 5) is 11.7. The summed E-state index contributed by atoms with van der Waals surface area (Å²) >= 11 is 5.94. The Balaban J connectivity index is 2.98. The van der Waals surface area contributed by atoms with Gasteiger partial charge < -0.3 is 10.6 Å². The van der Waals surface area contributed by atoms with E-state index in [0.717, 1.165) is 0 Å². The van der Waals surface area contributed by atoms with Crippen LogP contribution in [0.2, 0.25) is 5.02 Å². The van der Waals surface area contributed by atoms with Crippen molar-refractivity contribution in [2.45, 2.75) is 6.92 Å². The van der Waals surface area contributed by atoms with E-state index in [0.29, 0.717) is 22.8 Å². The number of carbonyl (C=O) groups is 1. The highest BCUT2D eigenvalue weighted by Crippen LogP contribution is 2.20. The topological polar surface area (TPSA) is 88.7 Å². The van der Waals surface area contributed by atoms with Gasteiger partial charge >= 0.3 is 0 Å². The second-order valence-electron chi connectivity index (χ2n) is 3.48. The second kappa shape index (κ2) is 7.05. The molecule has 0 unspecified atom stereocenters. The van der Waals surface area contributed by atoms with E-state index in [9.17, 15) is 4.79 Å². The molecule has 1 aromatic rings. The number of carbonyl (C=O) groups excluding carboxylic acids is 1. The zero-order chi connectivity index (χ0) is 14.3. The molecule has 0 bridgehead atoms. The highest BCUT2D eigenvalue weighted by Gasteiger charge is 2.09. The highest BCUT2D eigenvalue weighted by atomic mass is 35.5. The van der Waals surface area contributed by atoms with Crippen LogP contribution in [0.15, 0.2) is 30.0 Å². The molecule has 96 valence electrons. The molecule has 0 saturated carbocycles. The molecule has 0 aliphatic heterocycles. The van der Waals surface area contributed by atoms with Crippen LogP contribution in [0.1, 0.15) is 17.3 Å². The lowest BCUT2D eigenvalue weighted by atomic mass is 10.2. The Labute approximate surface area is 116 Å². The summed E-state index contributed by atoms with van der Waals surface area (Å²) < 4.78 is 0. The minimum Gasteiger partial charge on any atom is -0.360 e. The fraction of sp³-hybridized carbons (Fsp3) is 0.154. The van der Waals surface area contributed by atoms with Gasteiger partial charge in [-0.25, -0.2) is 0 Å². The van der Waals surface area contributed by atoms with E-state index in [1.807, 2.05) is 6.92 Å². The molecule has 0 aliphatic carbocycles. The van der Waals surface area contributed by atoms with Crippen LogP contribution in [0.4, 0.5) is 5.69 Å². The third kappa shape index (κ3) is 4.02. The van der Waals surface area contributed by atoms with Crippen molar-refractivity contribution in [1.29, 1.82) is 10.5 Å². The van der Waals surface area contributed by atoms with Gasteiger partial charge in [0.25, 0.3) is 5.91 Å². The van der Waals surface area contributed by atoms with Gasteiger partial charge in [0.05, 0.1) is 10.6 Å². The molecule has 0 atom stereocenters. The number of benzene rings is 1. The van der Waals surface area contributed by atoms with Crippen LogP contribution in [-0.4, -0.2) is 12.5 Å². The minimum absolute atomic E-state index is 0.0606. The number of nitrogens with zero attached hydrogens (tertiary/aromatic N) is 2. The molecule has 0 aliphatic rings. The van der Waals surface area contributed by atoms with Crippen molar-refractivity contribution >= 4 is 23.2 Å². The number of halogens is 1.